The fourth-order valence-corrected chi connectivity index (χ4v) is 1.71. The molecule has 1 aliphatic rings. The summed E-state index contributed by atoms with van der Waals surface area (Å²) in [6, 6.07) is 2.83. The van der Waals surface area contributed by atoms with Crippen LogP contribution in [0.4, 0.5) is 14.9 Å². The molecule has 0 aliphatic carbocycles. The van der Waals surface area contributed by atoms with Crippen molar-refractivity contribution in [3.05, 3.63) is 41.9 Å². The molecule has 2 amide bonds. The molecule has 0 radical (unpaired) electrons. The van der Waals surface area contributed by atoms with E-state index in [2.05, 4.69) is 11.9 Å². The number of carbonyl (C=O) groups excluding carboxylic acids is 1. The Morgan fingerprint density at radius 2 is 2.22 bits per heavy atom. The highest BCUT2D eigenvalue weighted by Crippen LogP contribution is 2.24. The van der Waals surface area contributed by atoms with Crippen LogP contribution < -0.4 is 10.2 Å². The maximum atomic E-state index is 13.7. The molecule has 0 spiro atoms. The fraction of sp³-hybridized carbons (Fsp3) is 0.167. The highest BCUT2D eigenvalue weighted by molar-refractivity contribution is 5.96. The zero-order chi connectivity index (χ0) is 13.3. The van der Waals surface area contributed by atoms with E-state index in [0.717, 1.165) is 23.1 Å². The number of hydrogen-bond acceptors (Lipinski definition) is 2. The Bertz CT molecular complexity index is 542. The lowest BCUT2D eigenvalue weighted by molar-refractivity contribution is 0.0697. The van der Waals surface area contributed by atoms with Gasteiger partial charge in [0.1, 0.15) is 5.82 Å². The summed E-state index contributed by atoms with van der Waals surface area (Å²) in [5.74, 6) is -1.80. The molecule has 0 aromatic heterocycles. The van der Waals surface area contributed by atoms with Crippen LogP contribution in [0, 0.1) is 5.82 Å². The first-order valence-corrected chi connectivity index (χ1v) is 5.28. The lowest BCUT2D eigenvalue weighted by atomic mass is 10.1. The number of rotatable bonds is 2. The van der Waals surface area contributed by atoms with Crippen LogP contribution in [0.1, 0.15) is 16.8 Å². The molecule has 2 rings (SSSR count). The minimum atomic E-state index is -1.17. The second-order valence-corrected chi connectivity index (χ2v) is 3.91. The Balaban J connectivity index is 2.38. The van der Waals surface area contributed by atoms with E-state index in [1.165, 1.54) is 0 Å². The SMILES string of the molecule is C=C1CCN(c2cc(C(=O)O)ccc2F)C(=O)N1. The Kier molecular flexibility index (Phi) is 3.01. The number of benzene rings is 1. The highest BCUT2D eigenvalue weighted by Gasteiger charge is 2.24. The number of carbonyl (C=O) groups is 2. The first-order chi connectivity index (χ1) is 8.49. The van der Waals surface area contributed by atoms with E-state index in [-0.39, 0.29) is 17.8 Å². The molecular formula is C12H11FN2O3. The number of carboxylic acid groups (broad SMARTS) is 1. The van der Waals surface area contributed by atoms with Gasteiger partial charge in [-0.05, 0) is 18.2 Å². The van der Waals surface area contributed by atoms with Crippen molar-refractivity contribution < 1.29 is 19.1 Å². The van der Waals surface area contributed by atoms with Crippen molar-refractivity contribution in [2.75, 3.05) is 11.4 Å². The normalized spacial score (nSPS) is 15.5. The molecule has 1 saturated heterocycles. The minimum absolute atomic E-state index is 0.0418. The van der Waals surface area contributed by atoms with E-state index < -0.39 is 17.8 Å². The Labute approximate surface area is 103 Å². The van der Waals surface area contributed by atoms with Gasteiger partial charge >= 0.3 is 12.0 Å². The number of aromatic carboxylic acids is 1. The van der Waals surface area contributed by atoms with Crippen LogP contribution in [0.25, 0.3) is 0 Å². The summed E-state index contributed by atoms with van der Waals surface area (Å²) in [7, 11) is 0. The number of anilines is 1. The Hall–Kier alpha value is -2.37. The molecule has 2 N–H and O–H groups in total. The van der Waals surface area contributed by atoms with E-state index in [9.17, 15) is 14.0 Å². The van der Waals surface area contributed by atoms with E-state index in [0.29, 0.717) is 12.1 Å². The number of halogens is 1. The molecule has 1 aliphatic heterocycles. The smallest absolute Gasteiger partial charge is 0.335 e. The van der Waals surface area contributed by atoms with Gasteiger partial charge in [0.2, 0.25) is 0 Å². The molecule has 1 heterocycles. The molecule has 6 heteroatoms. The van der Waals surface area contributed by atoms with E-state index >= 15 is 0 Å². The van der Waals surface area contributed by atoms with Gasteiger partial charge in [-0.15, -0.1) is 0 Å². The van der Waals surface area contributed by atoms with Crippen LogP contribution in [-0.2, 0) is 0 Å². The monoisotopic (exact) mass is 250 g/mol. The highest BCUT2D eigenvalue weighted by atomic mass is 19.1. The van der Waals surface area contributed by atoms with Crippen molar-refractivity contribution >= 4 is 17.7 Å². The Morgan fingerprint density at radius 1 is 1.50 bits per heavy atom. The van der Waals surface area contributed by atoms with Gasteiger partial charge in [0, 0.05) is 18.7 Å². The summed E-state index contributed by atoms with van der Waals surface area (Å²) in [6.45, 7) is 3.88. The number of carboxylic acids is 1. The second kappa shape index (κ2) is 4.48. The molecule has 0 saturated carbocycles. The lowest BCUT2D eigenvalue weighted by Gasteiger charge is -2.29. The lowest BCUT2D eigenvalue weighted by Crippen LogP contribution is -2.45. The van der Waals surface area contributed by atoms with Gasteiger partial charge in [-0.25, -0.2) is 14.0 Å². The van der Waals surface area contributed by atoms with Crippen molar-refractivity contribution in [3.63, 3.8) is 0 Å². The molecule has 0 atom stereocenters. The van der Waals surface area contributed by atoms with Gasteiger partial charge in [-0.1, -0.05) is 6.58 Å². The average molecular weight is 250 g/mol. The first kappa shape index (κ1) is 12.1. The van der Waals surface area contributed by atoms with Gasteiger partial charge in [0.25, 0.3) is 0 Å². The molecule has 1 aromatic carbocycles. The maximum absolute atomic E-state index is 13.7. The van der Waals surface area contributed by atoms with Crippen LogP contribution >= 0.6 is 0 Å². The summed E-state index contributed by atoms with van der Waals surface area (Å²) in [5, 5.41) is 11.3. The van der Waals surface area contributed by atoms with Crippen molar-refractivity contribution in [1.29, 1.82) is 0 Å². The van der Waals surface area contributed by atoms with Gasteiger partial charge in [-0.2, -0.15) is 0 Å². The van der Waals surface area contributed by atoms with Crippen molar-refractivity contribution in [3.8, 4) is 0 Å². The Morgan fingerprint density at radius 3 is 2.83 bits per heavy atom. The molecule has 0 unspecified atom stereocenters. The zero-order valence-electron chi connectivity index (χ0n) is 9.44. The summed E-state index contributed by atoms with van der Waals surface area (Å²) in [4.78, 5) is 23.7. The summed E-state index contributed by atoms with van der Waals surface area (Å²) in [5.41, 5.74) is 0.453. The summed E-state index contributed by atoms with van der Waals surface area (Å²) in [6.07, 6.45) is 0.489. The maximum Gasteiger partial charge on any atom is 0.335 e. The molecule has 1 fully saturated rings. The topological polar surface area (TPSA) is 69.6 Å². The minimum Gasteiger partial charge on any atom is -0.478 e. The number of nitrogens with one attached hydrogen (secondary N) is 1. The number of urea groups is 1. The molecular weight excluding hydrogens is 239 g/mol. The van der Waals surface area contributed by atoms with E-state index in [1.54, 1.807) is 0 Å². The average Bonchev–Trinajstić information content (AvgIpc) is 2.30. The predicted molar refractivity (Wildman–Crippen MR) is 63.0 cm³/mol. The van der Waals surface area contributed by atoms with Crippen LogP contribution in [0.2, 0.25) is 0 Å². The molecule has 0 bridgehead atoms. The van der Waals surface area contributed by atoms with Crippen molar-refractivity contribution in [2.45, 2.75) is 6.42 Å². The van der Waals surface area contributed by atoms with Gasteiger partial charge in [-0.3, -0.25) is 4.90 Å². The second-order valence-electron chi connectivity index (χ2n) is 3.91. The fourth-order valence-electron chi connectivity index (χ4n) is 1.71. The summed E-state index contributed by atoms with van der Waals surface area (Å²) < 4.78 is 13.7. The number of nitrogens with zero attached hydrogens (tertiary/aromatic N) is 1. The van der Waals surface area contributed by atoms with Crippen LogP contribution in [-0.4, -0.2) is 23.7 Å². The molecule has 1 aromatic rings. The zero-order valence-corrected chi connectivity index (χ0v) is 9.44. The van der Waals surface area contributed by atoms with Crippen LogP contribution in [0.3, 0.4) is 0 Å². The van der Waals surface area contributed by atoms with Crippen molar-refractivity contribution in [1.82, 2.24) is 5.32 Å². The number of amides is 2. The van der Waals surface area contributed by atoms with Gasteiger partial charge in [0.05, 0.1) is 11.3 Å². The standard InChI is InChI=1S/C12H11FN2O3/c1-7-4-5-15(12(18)14-7)10-6-8(11(16)17)2-3-9(10)13/h2-3,6H,1,4-5H2,(H,14,18)(H,16,17). The van der Waals surface area contributed by atoms with Gasteiger partial charge < -0.3 is 10.4 Å². The van der Waals surface area contributed by atoms with Crippen LogP contribution in [0.15, 0.2) is 30.5 Å². The summed E-state index contributed by atoms with van der Waals surface area (Å²) >= 11 is 0. The number of hydrogen-bond donors (Lipinski definition) is 2. The quantitative estimate of drug-likeness (QED) is 0.842. The predicted octanol–water partition coefficient (Wildman–Crippen LogP) is 1.96. The largest absolute Gasteiger partial charge is 0.478 e. The third kappa shape index (κ3) is 2.17. The first-order valence-electron chi connectivity index (χ1n) is 5.28. The van der Waals surface area contributed by atoms with Crippen molar-refractivity contribution in [2.24, 2.45) is 0 Å². The van der Waals surface area contributed by atoms with E-state index in [1.807, 2.05) is 0 Å². The third-order valence-corrected chi connectivity index (χ3v) is 2.65. The van der Waals surface area contributed by atoms with Gasteiger partial charge in [0.15, 0.2) is 0 Å². The van der Waals surface area contributed by atoms with Crippen LogP contribution in [0.5, 0.6) is 0 Å². The molecule has 94 valence electrons. The van der Waals surface area contributed by atoms with E-state index in [4.69, 9.17) is 5.11 Å². The molecule has 18 heavy (non-hydrogen) atoms. The third-order valence-electron chi connectivity index (χ3n) is 2.65. The molecule has 5 nitrogen and oxygen atoms in total.